The van der Waals surface area contributed by atoms with Crippen molar-refractivity contribution in [2.75, 3.05) is 27.2 Å². The number of hydrogen-bond acceptors (Lipinski definition) is 2. The third kappa shape index (κ3) is 7.61. The lowest BCUT2D eigenvalue weighted by Crippen LogP contribution is -2.19. The quantitative estimate of drug-likeness (QED) is 0.766. The number of halogens is 1. The monoisotopic (exact) mass is 271 g/mol. The predicted molar refractivity (Wildman–Crippen MR) is 69.4 cm³/mol. The number of benzene rings is 1. The van der Waals surface area contributed by atoms with Crippen LogP contribution in [0.4, 0.5) is 0 Å². The average molecular weight is 272 g/mol. The smallest absolute Gasteiger partial charge is 0.316 e. The molecule has 78 valence electrons. The number of para-hydroxylation sites is 1. The van der Waals surface area contributed by atoms with Crippen LogP contribution < -0.4 is 4.74 Å². The number of hydrogen-bond donors (Lipinski definition) is 0. The van der Waals surface area contributed by atoms with E-state index in [1.54, 1.807) is 0 Å². The van der Waals surface area contributed by atoms with Crippen LogP contribution in [-0.4, -0.2) is 55.2 Å². The van der Waals surface area contributed by atoms with Gasteiger partial charge in [-0.3, -0.25) is 0 Å². The van der Waals surface area contributed by atoms with Crippen LogP contribution in [0.1, 0.15) is 0 Å². The second-order valence-corrected chi connectivity index (χ2v) is 2.96. The van der Waals surface area contributed by atoms with E-state index in [1.807, 2.05) is 44.4 Å². The maximum Gasteiger partial charge on any atom is 0.316 e. The highest BCUT2D eigenvalue weighted by atomic mass is 79.9. The van der Waals surface area contributed by atoms with E-state index in [0.29, 0.717) is 0 Å². The summed E-state index contributed by atoms with van der Waals surface area (Å²) in [5.74, 6) is 0.944. The van der Waals surface area contributed by atoms with Crippen LogP contribution in [0.2, 0.25) is 0 Å². The molecular weight excluding hydrogens is 254 g/mol. The minimum absolute atomic E-state index is 0. The Labute approximate surface area is 113 Å². The fraction of sp³-hybridized carbons (Fsp3) is 0.400. The van der Waals surface area contributed by atoms with Crippen molar-refractivity contribution in [2.45, 2.75) is 0 Å². The zero-order chi connectivity index (χ0) is 8.81. The standard InChI is InChI=1S/C10H15NO.BrH.Mg.2H/c1-11(2)8-9-12-10-6-4-3-5-7-10;;;;/h3-7H,8-9H2,1-2H3;1H;;;. The maximum atomic E-state index is 5.48. The van der Waals surface area contributed by atoms with Gasteiger partial charge < -0.3 is 9.64 Å². The molecule has 0 unspecified atom stereocenters. The van der Waals surface area contributed by atoms with Gasteiger partial charge in [0.1, 0.15) is 12.4 Å². The largest absolute Gasteiger partial charge is 0.492 e. The molecular formula is C10H18BrMgNO. The lowest BCUT2D eigenvalue weighted by Gasteiger charge is -2.10. The van der Waals surface area contributed by atoms with E-state index in [2.05, 4.69) is 4.90 Å². The zero-order valence-electron chi connectivity index (χ0n) is 8.06. The lowest BCUT2D eigenvalue weighted by molar-refractivity contribution is 0.261. The SMILES string of the molecule is Br.CN(C)CCOc1ccccc1.[MgH2]. The van der Waals surface area contributed by atoms with E-state index < -0.39 is 0 Å². The third-order valence-corrected chi connectivity index (χ3v) is 1.55. The molecule has 0 aliphatic carbocycles. The van der Waals surface area contributed by atoms with E-state index in [0.717, 1.165) is 18.9 Å². The molecule has 0 heterocycles. The number of likely N-dealkylation sites (N-methyl/N-ethyl adjacent to an activating group) is 1. The van der Waals surface area contributed by atoms with Crippen molar-refractivity contribution < 1.29 is 4.74 Å². The van der Waals surface area contributed by atoms with Gasteiger partial charge in [-0.2, -0.15) is 0 Å². The van der Waals surface area contributed by atoms with Gasteiger partial charge in [0.05, 0.1) is 0 Å². The molecule has 0 aromatic heterocycles. The molecule has 4 heteroatoms. The van der Waals surface area contributed by atoms with Gasteiger partial charge in [0.15, 0.2) is 0 Å². The second kappa shape index (κ2) is 9.77. The minimum Gasteiger partial charge on any atom is -0.492 e. The molecule has 0 fully saturated rings. The van der Waals surface area contributed by atoms with Crippen LogP contribution in [0, 0.1) is 0 Å². The molecule has 0 saturated heterocycles. The van der Waals surface area contributed by atoms with E-state index in [-0.39, 0.29) is 40.0 Å². The highest BCUT2D eigenvalue weighted by Crippen LogP contribution is 2.07. The van der Waals surface area contributed by atoms with Gasteiger partial charge in [0, 0.05) is 6.54 Å². The summed E-state index contributed by atoms with van der Waals surface area (Å²) in [6.07, 6.45) is 0. The third-order valence-electron chi connectivity index (χ3n) is 1.55. The van der Waals surface area contributed by atoms with Crippen molar-refractivity contribution in [1.82, 2.24) is 4.90 Å². The molecule has 14 heavy (non-hydrogen) atoms. The van der Waals surface area contributed by atoms with Crippen LogP contribution in [0.5, 0.6) is 5.75 Å². The molecule has 0 N–H and O–H groups in total. The fourth-order valence-electron chi connectivity index (χ4n) is 0.863. The van der Waals surface area contributed by atoms with Crippen molar-refractivity contribution in [1.29, 1.82) is 0 Å². The first-order chi connectivity index (χ1) is 5.79. The Kier molecular flexibility index (Phi) is 11.6. The predicted octanol–water partition coefficient (Wildman–Crippen LogP) is 1.29. The maximum absolute atomic E-state index is 5.48. The van der Waals surface area contributed by atoms with E-state index in [4.69, 9.17) is 4.74 Å². The number of nitrogens with zero attached hydrogens (tertiary/aromatic N) is 1. The summed E-state index contributed by atoms with van der Waals surface area (Å²) in [5, 5.41) is 0. The molecule has 0 atom stereocenters. The Morgan fingerprint density at radius 3 is 2.21 bits per heavy atom. The Bertz CT molecular complexity index is 219. The van der Waals surface area contributed by atoms with Crippen LogP contribution in [-0.2, 0) is 0 Å². The molecule has 1 rings (SSSR count). The van der Waals surface area contributed by atoms with Crippen molar-refractivity contribution in [3.63, 3.8) is 0 Å². The molecule has 0 amide bonds. The van der Waals surface area contributed by atoms with E-state index in [1.165, 1.54) is 0 Å². The van der Waals surface area contributed by atoms with Crippen LogP contribution in [0.3, 0.4) is 0 Å². The Hall–Kier alpha value is 0.226. The first kappa shape index (κ1) is 16.6. The van der Waals surface area contributed by atoms with Crippen molar-refractivity contribution in [3.05, 3.63) is 30.3 Å². The molecule has 0 spiro atoms. The summed E-state index contributed by atoms with van der Waals surface area (Å²) in [7, 11) is 4.07. The van der Waals surface area contributed by atoms with Crippen LogP contribution >= 0.6 is 17.0 Å². The minimum atomic E-state index is 0. The molecule has 2 nitrogen and oxygen atoms in total. The summed E-state index contributed by atoms with van der Waals surface area (Å²) in [6.45, 7) is 1.70. The van der Waals surface area contributed by atoms with E-state index in [9.17, 15) is 0 Å². The summed E-state index contributed by atoms with van der Waals surface area (Å²) in [4.78, 5) is 2.10. The summed E-state index contributed by atoms with van der Waals surface area (Å²) >= 11 is 0. The Morgan fingerprint density at radius 1 is 1.14 bits per heavy atom. The highest BCUT2D eigenvalue weighted by Gasteiger charge is 1.91. The van der Waals surface area contributed by atoms with Gasteiger partial charge >= 0.3 is 23.1 Å². The molecule has 0 aliphatic rings. The van der Waals surface area contributed by atoms with Crippen LogP contribution in [0.25, 0.3) is 0 Å². The van der Waals surface area contributed by atoms with Gasteiger partial charge in [0.2, 0.25) is 0 Å². The Balaban J connectivity index is 0. The molecule has 0 bridgehead atoms. The van der Waals surface area contributed by atoms with Gasteiger partial charge in [0.25, 0.3) is 0 Å². The molecule has 0 saturated carbocycles. The van der Waals surface area contributed by atoms with Gasteiger partial charge in [-0.25, -0.2) is 0 Å². The Morgan fingerprint density at radius 2 is 1.71 bits per heavy atom. The molecule has 1 aromatic carbocycles. The highest BCUT2D eigenvalue weighted by molar-refractivity contribution is 8.93. The van der Waals surface area contributed by atoms with Crippen molar-refractivity contribution in [3.8, 4) is 5.75 Å². The topological polar surface area (TPSA) is 12.5 Å². The lowest BCUT2D eigenvalue weighted by atomic mass is 10.3. The van der Waals surface area contributed by atoms with Gasteiger partial charge in [-0.15, -0.1) is 17.0 Å². The molecule has 0 aliphatic heterocycles. The first-order valence-electron chi connectivity index (χ1n) is 4.11. The molecule has 0 radical (unpaired) electrons. The number of ether oxygens (including phenoxy) is 1. The summed E-state index contributed by atoms with van der Waals surface area (Å²) in [5.41, 5.74) is 0. The first-order valence-corrected chi connectivity index (χ1v) is 4.11. The van der Waals surface area contributed by atoms with Gasteiger partial charge in [-0.05, 0) is 26.2 Å². The summed E-state index contributed by atoms with van der Waals surface area (Å²) in [6, 6.07) is 9.88. The summed E-state index contributed by atoms with van der Waals surface area (Å²) < 4.78 is 5.48. The fourth-order valence-corrected chi connectivity index (χ4v) is 0.863. The van der Waals surface area contributed by atoms with Gasteiger partial charge in [-0.1, -0.05) is 18.2 Å². The average Bonchev–Trinajstić information content (AvgIpc) is 2.05. The normalized spacial score (nSPS) is 8.79. The zero-order valence-corrected chi connectivity index (χ0v) is 9.78. The van der Waals surface area contributed by atoms with E-state index >= 15 is 0 Å². The second-order valence-electron chi connectivity index (χ2n) is 2.96. The van der Waals surface area contributed by atoms with Crippen molar-refractivity contribution in [2.24, 2.45) is 0 Å². The van der Waals surface area contributed by atoms with Crippen molar-refractivity contribution >= 4 is 40.0 Å². The molecule has 1 aromatic rings. The van der Waals surface area contributed by atoms with Crippen LogP contribution in [0.15, 0.2) is 30.3 Å². The number of rotatable bonds is 4.